The van der Waals surface area contributed by atoms with Crippen molar-refractivity contribution in [1.29, 1.82) is 0 Å². The Bertz CT molecular complexity index is 2850. The molecule has 0 saturated heterocycles. The fourth-order valence-electron chi connectivity index (χ4n) is 8.34. The number of furan rings is 1. The number of para-hydroxylation sites is 1. The molecule has 0 unspecified atom stereocenters. The highest BCUT2D eigenvalue weighted by Gasteiger charge is 2.30. The molecule has 3 heterocycles. The van der Waals surface area contributed by atoms with Gasteiger partial charge in [0.05, 0.1) is 11.4 Å². The lowest BCUT2D eigenvalue weighted by molar-refractivity contribution is 0.475. The van der Waals surface area contributed by atoms with Crippen LogP contribution in [-0.4, -0.2) is 15.0 Å². The molecule has 11 rings (SSSR count). The van der Waals surface area contributed by atoms with E-state index in [4.69, 9.17) is 24.1 Å². The number of hydrogen-bond donors (Lipinski definition) is 0. The van der Waals surface area contributed by atoms with Crippen LogP contribution in [0, 0.1) is 0 Å². The Morgan fingerprint density at radius 2 is 1.45 bits per heavy atom. The SMILES string of the molecule is C1=CCCC(c2nc(C3=CCCC=C3)nc(-c3ccc(N4c5cc(-c6cccc7oc8ccccc8c67)ccc5Oc5c4ccc4c5C=CCC4)cc3)n2)=C1. The Morgan fingerprint density at radius 1 is 0.618 bits per heavy atom. The number of nitrogens with zero attached hydrogens (tertiary/aromatic N) is 4. The molecule has 0 N–H and O–H groups in total. The lowest BCUT2D eigenvalue weighted by atomic mass is 9.94. The van der Waals surface area contributed by atoms with Gasteiger partial charge in [-0.05, 0) is 115 Å². The average Bonchev–Trinajstić information content (AvgIpc) is 3.65. The number of fused-ring (bicyclic) bond motifs is 7. The Kier molecular flexibility index (Phi) is 7.47. The van der Waals surface area contributed by atoms with Crippen LogP contribution in [0.5, 0.6) is 11.5 Å². The quantitative estimate of drug-likeness (QED) is 0.177. The summed E-state index contributed by atoms with van der Waals surface area (Å²) in [5.41, 5.74) is 12.6. The van der Waals surface area contributed by atoms with Crippen LogP contribution in [0.15, 0.2) is 144 Å². The monoisotopic (exact) mass is 712 g/mol. The first-order valence-electron chi connectivity index (χ1n) is 19.2. The number of ether oxygens (including phenoxy) is 1. The first-order chi connectivity index (χ1) is 27.2. The van der Waals surface area contributed by atoms with Crippen LogP contribution in [0.25, 0.3) is 61.7 Å². The van der Waals surface area contributed by atoms with E-state index in [0.29, 0.717) is 5.82 Å². The lowest BCUT2D eigenvalue weighted by Crippen LogP contribution is -2.17. The van der Waals surface area contributed by atoms with Crippen molar-refractivity contribution in [3.8, 4) is 34.0 Å². The molecule has 4 aliphatic rings. The number of aromatic nitrogens is 3. The van der Waals surface area contributed by atoms with Crippen molar-refractivity contribution < 1.29 is 9.15 Å². The highest BCUT2D eigenvalue weighted by Crippen LogP contribution is 2.54. The molecule has 0 atom stereocenters. The summed E-state index contributed by atoms with van der Waals surface area (Å²) >= 11 is 0. The number of benzene rings is 5. The molecule has 0 fully saturated rings. The first kappa shape index (κ1) is 31.7. The maximum atomic E-state index is 6.84. The van der Waals surface area contributed by atoms with Crippen LogP contribution < -0.4 is 9.64 Å². The number of aryl methyl sites for hydroxylation is 1. The smallest absolute Gasteiger partial charge is 0.164 e. The Hall–Kier alpha value is -6.79. The van der Waals surface area contributed by atoms with Gasteiger partial charge in [-0.3, -0.25) is 0 Å². The third-order valence-corrected chi connectivity index (χ3v) is 11.1. The topological polar surface area (TPSA) is 64.3 Å². The van der Waals surface area contributed by atoms with Gasteiger partial charge in [0.1, 0.15) is 11.2 Å². The molecule has 264 valence electrons. The van der Waals surface area contributed by atoms with E-state index in [2.05, 4.69) is 132 Å². The van der Waals surface area contributed by atoms with Gasteiger partial charge in [-0.2, -0.15) is 0 Å². The van der Waals surface area contributed by atoms with Gasteiger partial charge >= 0.3 is 0 Å². The maximum absolute atomic E-state index is 6.84. The minimum Gasteiger partial charge on any atom is -0.456 e. The van der Waals surface area contributed by atoms with Crippen molar-refractivity contribution in [3.05, 3.63) is 162 Å². The van der Waals surface area contributed by atoms with Crippen LogP contribution in [-0.2, 0) is 6.42 Å². The average molecular weight is 713 g/mol. The highest BCUT2D eigenvalue weighted by molar-refractivity contribution is 6.12. The minimum atomic E-state index is 0.673. The van der Waals surface area contributed by atoms with E-state index in [-0.39, 0.29) is 0 Å². The summed E-state index contributed by atoms with van der Waals surface area (Å²) < 4.78 is 13.1. The van der Waals surface area contributed by atoms with E-state index < -0.39 is 0 Å². The van der Waals surface area contributed by atoms with Crippen molar-refractivity contribution in [2.24, 2.45) is 0 Å². The largest absolute Gasteiger partial charge is 0.456 e. The second-order valence-corrected chi connectivity index (χ2v) is 14.5. The Labute approximate surface area is 319 Å². The fourth-order valence-corrected chi connectivity index (χ4v) is 8.34. The minimum absolute atomic E-state index is 0.673. The predicted molar refractivity (Wildman–Crippen MR) is 223 cm³/mol. The zero-order valence-electron chi connectivity index (χ0n) is 30.2. The molecule has 2 aromatic heterocycles. The van der Waals surface area contributed by atoms with Crippen molar-refractivity contribution in [2.45, 2.75) is 38.5 Å². The molecule has 3 aliphatic carbocycles. The molecule has 0 saturated carbocycles. The summed E-state index contributed by atoms with van der Waals surface area (Å²) in [5.74, 6) is 3.84. The van der Waals surface area contributed by atoms with Crippen molar-refractivity contribution in [2.75, 3.05) is 4.90 Å². The molecule has 0 amide bonds. The zero-order chi connectivity index (χ0) is 36.3. The Balaban J connectivity index is 1.05. The number of allylic oxidation sites excluding steroid dienone is 9. The van der Waals surface area contributed by atoms with Gasteiger partial charge in [0.25, 0.3) is 0 Å². The van der Waals surface area contributed by atoms with Crippen molar-refractivity contribution >= 4 is 56.2 Å². The van der Waals surface area contributed by atoms with Crippen LogP contribution in [0.2, 0.25) is 0 Å². The molecule has 7 aromatic rings. The number of anilines is 3. The predicted octanol–water partition coefficient (Wildman–Crippen LogP) is 13.1. The third kappa shape index (κ3) is 5.44. The van der Waals surface area contributed by atoms with Gasteiger partial charge in [-0.15, -0.1) is 0 Å². The van der Waals surface area contributed by atoms with Gasteiger partial charge in [0.15, 0.2) is 29.0 Å². The molecule has 1 aliphatic heterocycles. The van der Waals surface area contributed by atoms with Crippen LogP contribution in [0.4, 0.5) is 17.1 Å². The van der Waals surface area contributed by atoms with Gasteiger partial charge in [0.2, 0.25) is 0 Å². The number of hydrogen-bond acceptors (Lipinski definition) is 6. The summed E-state index contributed by atoms with van der Waals surface area (Å²) in [5, 5.41) is 2.22. The van der Waals surface area contributed by atoms with E-state index >= 15 is 0 Å². The molecule has 55 heavy (non-hydrogen) atoms. The normalized spacial score (nSPS) is 15.7. The van der Waals surface area contributed by atoms with E-state index in [1.54, 1.807) is 0 Å². The summed E-state index contributed by atoms with van der Waals surface area (Å²) in [6, 6.07) is 34.2. The molecule has 6 nitrogen and oxygen atoms in total. The van der Waals surface area contributed by atoms with Gasteiger partial charge < -0.3 is 14.1 Å². The van der Waals surface area contributed by atoms with E-state index in [9.17, 15) is 0 Å². The molecular weight excluding hydrogens is 677 g/mol. The van der Waals surface area contributed by atoms with Gasteiger partial charge in [0, 0.05) is 33.2 Å². The summed E-state index contributed by atoms with van der Waals surface area (Å²) in [6.45, 7) is 0. The Morgan fingerprint density at radius 3 is 2.35 bits per heavy atom. The molecule has 5 aromatic carbocycles. The number of rotatable bonds is 5. The standard InChI is InChI=1S/C49H36N4O2/c1-3-13-32(14-4-1)47-50-48(33-15-5-2-6-16-33)52-49(51-47)34-22-26-36(27-23-34)53-40-28-24-31-12-7-8-17-38(31)46(40)55-43-29-25-35(30-41(43)53)37-19-11-21-44-45(37)39-18-9-10-20-42(39)54-44/h1,3,5,8-11,13,15-30H,2,4,6-7,12,14H2. The van der Waals surface area contributed by atoms with Crippen molar-refractivity contribution in [3.63, 3.8) is 0 Å². The molecule has 6 heteroatoms. The van der Waals surface area contributed by atoms with Crippen LogP contribution in [0.1, 0.15) is 54.9 Å². The molecular formula is C49H36N4O2. The van der Waals surface area contributed by atoms with E-state index in [1.165, 1.54) is 5.56 Å². The second-order valence-electron chi connectivity index (χ2n) is 14.5. The molecule has 0 radical (unpaired) electrons. The first-order valence-corrected chi connectivity index (χ1v) is 19.2. The van der Waals surface area contributed by atoms with E-state index in [0.717, 1.165) is 134 Å². The highest BCUT2D eigenvalue weighted by atomic mass is 16.5. The third-order valence-electron chi connectivity index (χ3n) is 11.1. The molecule has 0 bridgehead atoms. The summed E-state index contributed by atoms with van der Waals surface area (Å²) in [4.78, 5) is 17.4. The zero-order valence-corrected chi connectivity index (χ0v) is 30.2. The molecule has 0 spiro atoms. The lowest BCUT2D eigenvalue weighted by Gasteiger charge is -2.35. The fraction of sp³-hybridized carbons (Fsp3) is 0.122. The van der Waals surface area contributed by atoms with Crippen LogP contribution in [0.3, 0.4) is 0 Å². The van der Waals surface area contributed by atoms with Crippen molar-refractivity contribution in [1.82, 2.24) is 15.0 Å². The second kappa shape index (κ2) is 13.0. The summed E-state index contributed by atoms with van der Waals surface area (Å²) in [6.07, 6.45) is 23.4. The van der Waals surface area contributed by atoms with Crippen LogP contribution >= 0.6 is 0 Å². The van der Waals surface area contributed by atoms with E-state index in [1.807, 2.05) is 18.2 Å². The summed E-state index contributed by atoms with van der Waals surface area (Å²) in [7, 11) is 0. The maximum Gasteiger partial charge on any atom is 0.164 e. The van der Waals surface area contributed by atoms with Gasteiger partial charge in [-0.25, -0.2) is 15.0 Å². The van der Waals surface area contributed by atoms with Gasteiger partial charge in [-0.1, -0.05) is 91.1 Å².